The highest BCUT2D eigenvalue weighted by Crippen LogP contribution is 2.30. The number of benzene rings is 1. The topological polar surface area (TPSA) is 72.3 Å². The Morgan fingerprint density at radius 3 is 2.60 bits per heavy atom. The molecule has 1 aliphatic rings. The fourth-order valence-electron chi connectivity index (χ4n) is 2.90. The molecular weight excluding hydrogens is 257 g/mol. The average Bonchev–Trinajstić information content (AvgIpc) is 2.40. The molecule has 0 unspecified atom stereocenters. The maximum absolute atomic E-state index is 14.0. The number of hydrogen-bond acceptors (Lipinski definition) is 3. The Bertz CT molecular complexity index is 496. The van der Waals surface area contributed by atoms with Crippen LogP contribution in [0.5, 0.6) is 0 Å². The van der Waals surface area contributed by atoms with Gasteiger partial charge in [-0.05, 0) is 30.9 Å². The molecule has 0 saturated carbocycles. The third-order valence-corrected chi connectivity index (χ3v) is 4.04. The lowest BCUT2D eigenvalue weighted by molar-refractivity contribution is 0.100. The quantitative estimate of drug-likeness (QED) is 0.832. The average molecular weight is 279 g/mol. The van der Waals surface area contributed by atoms with Crippen molar-refractivity contribution in [3.05, 3.63) is 23.5 Å². The fraction of sp³-hybridized carbons (Fsp3) is 0.533. The molecule has 1 fully saturated rings. The van der Waals surface area contributed by atoms with E-state index in [0.717, 1.165) is 31.8 Å². The van der Waals surface area contributed by atoms with Gasteiger partial charge in [0.15, 0.2) is 0 Å². The highest BCUT2D eigenvalue weighted by atomic mass is 19.1. The van der Waals surface area contributed by atoms with E-state index in [1.807, 2.05) is 4.90 Å². The van der Waals surface area contributed by atoms with Gasteiger partial charge in [-0.3, -0.25) is 4.79 Å². The first kappa shape index (κ1) is 14.6. The largest absolute Gasteiger partial charge is 0.398 e. The molecule has 1 amide bonds. The second-order valence-corrected chi connectivity index (χ2v) is 5.47. The van der Waals surface area contributed by atoms with E-state index in [9.17, 15) is 9.18 Å². The van der Waals surface area contributed by atoms with E-state index in [1.54, 1.807) is 0 Å². The van der Waals surface area contributed by atoms with Gasteiger partial charge in [-0.2, -0.15) is 0 Å². The molecule has 0 radical (unpaired) electrons. The maximum atomic E-state index is 14.0. The zero-order valence-corrected chi connectivity index (χ0v) is 11.9. The minimum Gasteiger partial charge on any atom is -0.398 e. The number of rotatable bonds is 4. The van der Waals surface area contributed by atoms with Crippen molar-refractivity contribution in [1.82, 2.24) is 0 Å². The molecule has 5 heteroatoms. The van der Waals surface area contributed by atoms with Crippen LogP contribution in [0.2, 0.25) is 0 Å². The van der Waals surface area contributed by atoms with E-state index in [1.165, 1.54) is 25.0 Å². The first-order chi connectivity index (χ1) is 9.52. The van der Waals surface area contributed by atoms with Gasteiger partial charge in [0.05, 0.1) is 11.3 Å². The summed E-state index contributed by atoms with van der Waals surface area (Å²) < 4.78 is 14.0. The minimum atomic E-state index is -0.621. The standard InChI is InChI=1S/C15H22FN3O/c1-2-3-10-4-6-19(7-5-10)14-8-11(15(18)20)13(17)9-12(14)16/h8-10H,2-7,17H2,1H3,(H2,18,20). The predicted octanol–water partition coefficient (Wildman–Crippen LogP) is 2.52. The second-order valence-electron chi connectivity index (χ2n) is 5.47. The maximum Gasteiger partial charge on any atom is 0.250 e. The Kier molecular flexibility index (Phi) is 4.47. The monoisotopic (exact) mass is 279 g/mol. The first-order valence-corrected chi connectivity index (χ1v) is 7.16. The molecule has 20 heavy (non-hydrogen) atoms. The summed E-state index contributed by atoms with van der Waals surface area (Å²) >= 11 is 0. The Labute approximate surface area is 118 Å². The van der Waals surface area contributed by atoms with Crippen LogP contribution in [0.25, 0.3) is 0 Å². The highest BCUT2D eigenvalue weighted by Gasteiger charge is 2.22. The Morgan fingerprint density at radius 1 is 1.40 bits per heavy atom. The minimum absolute atomic E-state index is 0.0969. The number of halogens is 1. The van der Waals surface area contributed by atoms with E-state index in [4.69, 9.17) is 11.5 Å². The summed E-state index contributed by atoms with van der Waals surface area (Å²) in [6, 6.07) is 2.67. The van der Waals surface area contributed by atoms with E-state index in [2.05, 4.69) is 6.92 Å². The van der Waals surface area contributed by atoms with E-state index >= 15 is 0 Å². The SMILES string of the molecule is CCCC1CCN(c2cc(C(N)=O)c(N)cc2F)CC1. The van der Waals surface area contributed by atoms with Crippen LogP contribution in [0, 0.1) is 11.7 Å². The lowest BCUT2D eigenvalue weighted by Gasteiger charge is -2.34. The van der Waals surface area contributed by atoms with Crippen molar-refractivity contribution in [2.45, 2.75) is 32.6 Å². The number of piperidine rings is 1. The molecule has 110 valence electrons. The molecule has 0 bridgehead atoms. The fourth-order valence-corrected chi connectivity index (χ4v) is 2.90. The number of nitrogen functional groups attached to an aromatic ring is 1. The van der Waals surface area contributed by atoms with Gasteiger partial charge in [0.25, 0.3) is 5.91 Å². The molecule has 1 aromatic carbocycles. The normalized spacial score (nSPS) is 16.4. The summed E-state index contributed by atoms with van der Waals surface area (Å²) in [4.78, 5) is 13.3. The van der Waals surface area contributed by atoms with Crippen molar-refractivity contribution in [2.24, 2.45) is 11.7 Å². The van der Waals surface area contributed by atoms with Gasteiger partial charge in [-0.15, -0.1) is 0 Å². The van der Waals surface area contributed by atoms with Crippen LogP contribution in [0.3, 0.4) is 0 Å². The van der Waals surface area contributed by atoms with Crippen molar-refractivity contribution in [3.8, 4) is 0 Å². The summed E-state index contributed by atoms with van der Waals surface area (Å²) in [6.45, 7) is 3.80. The Balaban J connectivity index is 2.17. The number of anilines is 2. The van der Waals surface area contributed by atoms with Gasteiger partial charge < -0.3 is 16.4 Å². The lowest BCUT2D eigenvalue weighted by Crippen LogP contribution is -2.34. The van der Waals surface area contributed by atoms with Crippen LogP contribution < -0.4 is 16.4 Å². The highest BCUT2D eigenvalue weighted by molar-refractivity contribution is 5.99. The van der Waals surface area contributed by atoms with Gasteiger partial charge in [-0.1, -0.05) is 19.8 Å². The smallest absolute Gasteiger partial charge is 0.250 e. The van der Waals surface area contributed by atoms with Crippen LogP contribution in [0.1, 0.15) is 43.0 Å². The van der Waals surface area contributed by atoms with Gasteiger partial charge in [0, 0.05) is 18.8 Å². The first-order valence-electron chi connectivity index (χ1n) is 7.16. The molecule has 1 heterocycles. The van der Waals surface area contributed by atoms with Crippen molar-refractivity contribution in [2.75, 3.05) is 23.7 Å². The van der Waals surface area contributed by atoms with Gasteiger partial charge in [0.2, 0.25) is 0 Å². The Morgan fingerprint density at radius 2 is 2.05 bits per heavy atom. The van der Waals surface area contributed by atoms with Crippen molar-refractivity contribution >= 4 is 17.3 Å². The summed E-state index contributed by atoms with van der Waals surface area (Å²) in [7, 11) is 0. The van der Waals surface area contributed by atoms with E-state index in [-0.39, 0.29) is 17.1 Å². The number of nitrogens with zero attached hydrogens (tertiary/aromatic N) is 1. The zero-order chi connectivity index (χ0) is 14.7. The van der Waals surface area contributed by atoms with Gasteiger partial charge >= 0.3 is 0 Å². The number of nitrogens with two attached hydrogens (primary N) is 2. The molecule has 0 aliphatic carbocycles. The third-order valence-electron chi connectivity index (χ3n) is 4.04. The third kappa shape index (κ3) is 3.03. The predicted molar refractivity (Wildman–Crippen MR) is 79.2 cm³/mol. The molecule has 1 aliphatic heterocycles. The van der Waals surface area contributed by atoms with Crippen LogP contribution in [0.15, 0.2) is 12.1 Å². The van der Waals surface area contributed by atoms with Crippen molar-refractivity contribution in [1.29, 1.82) is 0 Å². The number of carbonyl (C=O) groups excluding carboxylic acids is 1. The molecule has 2 rings (SSSR count). The van der Waals surface area contributed by atoms with Gasteiger partial charge in [0.1, 0.15) is 5.82 Å². The Hall–Kier alpha value is -1.78. The summed E-state index contributed by atoms with van der Waals surface area (Å²) in [5.41, 5.74) is 11.6. The van der Waals surface area contributed by atoms with Crippen LogP contribution in [-0.4, -0.2) is 19.0 Å². The number of carbonyl (C=O) groups is 1. The second kappa shape index (κ2) is 6.11. The lowest BCUT2D eigenvalue weighted by atomic mass is 9.92. The molecule has 4 nitrogen and oxygen atoms in total. The van der Waals surface area contributed by atoms with Crippen LogP contribution in [0.4, 0.5) is 15.8 Å². The number of hydrogen-bond donors (Lipinski definition) is 2. The molecule has 0 aromatic heterocycles. The van der Waals surface area contributed by atoms with Crippen molar-refractivity contribution < 1.29 is 9.18 Å². The molecule has 4 N–H and O–H groups in total. The van der Waals surface area contributed by atoms with E-state index < -0.39 is 5.91 Å². The van der Waals surface area contributed by atoms with Gasteiger partial charge in [-0.25, -0.2) is 4.39 Å². The van der Waals surface area contributed by atoms with Crippen molar-refractivity contribution in [3.63, 3.8) is 0 Å². The summed E-state index contributed by atoms with van der Waals surface area (Å²) in [5, 5.41) is 0. The molecule has 1 aromatic rings. The molecule has 0 spiro atoms. The number of primary amides is 1. The van der Waals surface area contributed by atoms with E-state index in [0.29, 0.717) is 5.69 Å². The summed E-state index contributed by atoms with van der Waals surface area (Å²) in [6.07, 6.45) is 4.53. The summed E-state index contributed by atoms with van der Waals surface area (Å²) in [5.74, 6) is -0.283. The van der Waals surface area contributed by atoms with Crippen LogP contribution >= 0.6 is 0 Å². The molecule has 0 atom stereocenters. The molecular formula is C15H22FN3O. The number of amides is 1. The molecule has 1 saturated heterocycles. The van der Waals surface area contributed by atoms with Crippen LogP contribution in [-0.2, 0) is 0 Å². The zero-order valence-electron chi connectivity index (χ0n) is 11.9.